The molecule has 1 saturated carbocycles. The van der Waals surface area contributed by atoms with Gasteiger partial charge in [0.1, 0.15) is 11.5 Å². The van der Waals surface area contributed by atoms with E-state index in [0.29, 0.717) is 35.8 Å². The minimum absolute atomic E-state index is 0.0492. The topological polar surface area (TPSA) is 152 Å². The van der Waals surface area contributed by atoms with Gasteiger partial charge in [-0.15, -0.1) is 0 Å². The summed E-state index contributed by atoms with van der Waals surface area (Å²) in [5, 5.41) is 19.2. The summed E-state index contributed by atoms with van der Waals surface area (Å²) in [6, 6.07) is 6.69. The van der Waals surface area contributed by atoms with Crippen molar-refractivity contribution >= 4 is 34.9 Å². The number of carbonyl (C=O) groups is 3. The standard InChI is InChI=1S/C24H28N8O4/c1-14(33)26-9-10-32-28-13-20(31-32)16-5-4-6-18(22(16)36-3)29-19-11-21(30-23(34)15-7-8-15)27-12-17(19)24(35)25-2/h4-6,11-13,15H,7-10H2,1-3H3,(H,25,35)(H,26,33)(H2,27,29,30,34)/i2D3. The van der Waals surface area contributed by atoms with E-state index in [9.17, 15) is 14.4 Å². The van der Waals surface area contributed by atoms with E-state index in [1.165, 1.54) is 31.1 Å². The maximum atomic E-state index is 12.8. The summed E-state index contributed by atoms with van der Waals surface area (Å²) in [6.45, 7) is -0.550. The molecule has 188 valence electrons. The summed E-state index contributed by atoms with van der Waals surface area (Å²) in [4.78, 5) is 41.7. The highest BCUT2D eigenvalue weighted by Gasteiger charge is 2.30. The quantitative estimate of drug-likeness (QED) is 0.333. The molecule has 4 N–H and O–H groups in total. The first kappa shape index (κ1) is 20.9. The third-order valence-electron chi connectivity index (χ3n) is 5.45. The molecule has 0 spiro atoms. The van der Waals surface area contributed by atoms with Gasteiger partial charge in [0.05, 0.1) is 36.8 Å². The number of pyridine rings is 1. The number of carbonyl (C=O) groups excluding carboxylic acids is 3. The number of ether oxygens (including phenoxy) is 1. The summed E-state index contributed by atoms with van der Waals surface area (Å²) in [5.41, 5.74) is 1.69. The molecule has 12 nitrogen and oxygen atoms in total. The molecule has 0 bridgehead atoms. The highest BCUT2D eigenvalue weighted by Crippen LogP contribution is 2.38. The zero-order valence-corrected chi connectivity index (χ0v) is 19.8. The summed E-state index contributed by atoms with van der Waals surface area (Å²) >= 11 is 0. The molecule has 1 aliphatic carbocycles. The van der Waals surface area contributed by atoms with Gasteiger partial charge in [0.25, 0.3) is 5.91 Å². The monoisotopic (exact) mass is 495 g/mol. The molecule has 36 heavy (non-hydrogen) atoms. The van der Waals surface area contributed by atoms with Crippen LogP contribution in [-0.4, -0.2) is 58.3 Å². The first-order valence-electron chi connectivity index (χ1n) is 12.8. The van der Waals surface area contributed by atoms with Crippen molar-refractivity contribution in [1.82, 2.24) is 30.6 Å². The second-order valence-corrected chi connectivity index (χ2v) is 8.15. The van der Waals surface area contributed by atoms with E-state index in [1.807, 2.05) is 5.32 Å². The second kappa shape index (κ2) is 10.8. The average Bonchev–Trinajstić information content (AvgIpc) is 3.61. The minimum atomic E-state index is -2.71. The summed E-state index contributed by atoms with van der Waals surface area (Å²) in [5.74, 6) is -0.672. The fourth-order valence-corrected chi connectivity index (χ4v) is 3.51. The third kappa shape index (κ3) is 5.77. The Labute approximate surface area is 212 Å². The number of hydrogen-bond acceptors (Lipinski definition) is 8. The number of amides is 3. The maximum Gasteiger partial charge on any atom is 0.254 e. The summed E-state index contributed by atoms with van der Waals surface area (Å²) < 4.78 is 27.8. The Kier molecular flexibility index (Phi) is 6.28. The van der Waals surface area contributed by atoms with E-state index < -0.39 is 12.9 Å². The van der Waals surface area contributed by atoms with Crippen LogP contribution in [0.4, 0.5) is 17.2 Å². The van der Waals surface area contributed by atoms with Gasteiger partial charge in [0.2, 0.25) is 11.8 Å². The number of aromatic nitrogens is 4. The molecule has 0 radical (unpaired) electrons. The molecule has 1 aromatic carbocycles. The average molecular weight is 496 g/mol. The summed E-state index contributed by atoms with van der Waals surface area (Å²) in [7, 11) is 1.47. The van der Waals surface area contributed by atoms with Crippen LogP contribution in [0.25, 0.3) is 11.3 Å². The number of para-hydroxylation sites is 1. The molecular formula is C24H28N8O4. The van der Waals surface area contributed by atoms with E-state index in [2.05, 4.69) is 31.1 Å². The molecule has 3 aromatic rings. The molecule has 0 aliphatic heterocycles. The lowest BCUT2D eigenvalue weighted by atomic mass is 10.1. The van der Waals surface area contributed by atoms with Crippen LogP contribution in [-0.2, 0) is 16.1 Å². The van der Waals surface area contributed by atoms with Crippen molar-refractivity contribution in [3.05, 3.63) is 42.2 Å². The number of rotatable bonds is 10. The van der Waals surface area contributed by atoms with Crippen molar-refractivity contribution in [2.45, 2.75) is 26.3 Å². The lowest BCUT2D eigenvalue weighted by molar-refractivity contribution is -0.119. The largest absolute Gasteiger partial charge is 0.494 e. The lowest BCUT2D eigenvalue weighted by Gasteiger charge is -2.17. The molecule has 0 unspecified atom stereocenters. The van der Waals surface area contributed by atoms with Gasteiger partial charge in [0.15, 0.2) is 5.75 Å². The Morgan fingerprint density at radius 1 is 1.22 bits per heavy atom. The Morgan fingerprint density at radius 3 is 2.78 bits per heavy atom. The number of nitrogens with zero attached hydrogens (tertiary/aromatic N) is 4. The highest BCUT2D eigenvalue weighted by atomic mass is 16.5. The first-order chi connectivity index (χ1) is 18.5. The van der Waals surface area contributed by atoms with Crippen molar-refractivity contribution < 1.29 is 23.2 Å². The van der Waals surface area contributed by atoms with Crippen LogP contribution in [0.3, 0.4) is 0 Å². The Bertz CT molecular complexity index is 1390. The summed E-state index contributed by atoms with van der Waals surface area (Å²) in [6.07, 6.45) is 4.36. The lowest BCUT2D eigenvalue weighted by Crippen LogP contribution is -2.25. The molecule has 2 heterocycles. The Hall–Kier alpha value is -4.48. The zero-order chi connectivity index (χ0) is 28.2. The van der Waals surface area contributed by atoms with Crippen LogP contribution >= 0.6 is 0 Å². The maximum absolute atomic E-state index is 12.8. The normalized spacial score (nSPS) is 14.1. The van der Waals surface area contributed by atoms with Gasteiger partial charge < -0.3 is 26.0 Å². The zero-order valence-electron chi connectivity index (χ0n) is 22.8. The van der Waals surface area contributed by atoms with E-state index in [-0.39, 0.29) is 34.8 Å². The molecule has 0 saturated heterocycles. The first-order valence-corrected chi connectivity index (χ1v) is 11.3. The van der Waals surface area contributed by atoms with Gasteiger partial charge in [-0.1, -0.05) is 6.07 Å². The molecule has 1 aliphatic rings. The van der Waals surface area contributed by atoms with Crippen molar-refractivity contribution in [2.75, 3.05) is 31.3 Å². The van der Waals surface area contributed by atoms with E-state index in [1.54, 1.807) is 24.4 Å². The molecular weight excluding hydrogens is 464 g/mol. The molecule has 2 aromatic heterocycles. The van der Waals surface area contributed by atoms with Gasteiger partial charge in [-0.2, -0.15) is 15.0 Å². The second-order valence-electron chi connectivity index (χ2n) is 8.15. The van der Waals surface area contributed by atoms with E-state index >= 15 is 0 Å². The third-order valence-corrected chi connectivity index (χ3v) is 5.45. The van der Waals surface area contributed by atoms with Gasteiger partial charge in [0, 0.05) is 48.3 Å². The number of methoxy groups -OCH3 is 1. The van der Waals surface area contributed by atoms with Gasteiger partial charge in [-0.25, -0.2) is 4.98 Å². The van der Waals surface area contributed by atoms with Crippen molar-refractivity contribution in [1.29, 1.82) is 0 Å². The van der Waals surface area contributed by atoms with E-state index in [4.69, 9.17) is 8.85 Å². The van der Waals surface area contributed by atoms with Crippen LogP contribution in [0.15, 0.2) is 36.7 Å². The van der Waals surface area contributed by atoms with Gasteiger partial charge >= 0.3 is 0 Å². The molecule has 0 atom stereocenters. The Morgan fingerprint density at radius 2 is 2.06 bits per heavy atom. The van der Waals surface area contributed by atoms with Crippen molar-refractivity contribution in [3.63, 3.8) is 0 Å². The van der Waals surface area contributed by atoms with Crippen molar-refractivity contribution in [3.8, 4) is 17.0 Å². The van der Waals surface area contributed by atoms with Gasteiger partial charge in [-0.3, -0.25) is 14.4 Å². The van der Waals surface area contributed by atoms with Crippen LogP contribution < -0.4 is 26.0 Å². The van der Waals surface area contributed by atoms with E-state index in [0.717, 1.165) is 12.8 Å². The SMILES string of the molecule is [2H]C([2H])([2H])NC(=O)c1cnc(NC(=O)C2CC2)cc1Nc1cccc(-c2cnn(CCNC(C)=O)n2)c1OC. The number of benzene rings is 1. The minimum Gasteiger partial charge on any atom is -0.494 e. The number of anilines is 3. The Balaban J connectivity index is 1.65. The smallest absolute Gasteiger partial charge is 0.254 e. The fraction of sp³-hybridized carbons (Fsp3) is 0.333. The van der Waals surface area contributed by atoms with Crippen LogP contribution in [0, 0.1) is 5.92 Å². The van der Waals surface area contributed by atoms with Crippen LogP contribution in [0.5, 0.6) is 5.75 Å². The number of hydrogen-bond donors (Lipinski definition) is 4. The van der Waals surface area contributed by atoms with Gasteiger partial charge in [-0.05, 0) is 25.0 Å². The predicted octanol–water partition coefficient (Wildman–Crippen LogP) is 1.94. The van der Waals surface area contributed by atoms with Crippen LogP contribution in [0.1, 0.15) is 34.2 Å². The molecule has 12 heteroatoms. The number of nitrogens with one attached hydrogen (secondary N) is 4. The molecule has 3 amide bonds. The van der Waals surface area contributed by atoms with Crippen LogP contribution in [0.2, 0.25) is 0 Å². The molecule has 1 fully saturated rings. The molecule has 4 rings (SSSR count). The predicted molar refractivity (Wildman–Crippen MR) is 133 cm³/mol. The highest BCUT2D eigenvalue weighted by molar-refractivity contribution is 6.01. The van der Waals surface area contributed by atoms with Crippen molar-refractivity contribution in [2.24, 2.45) is 5.92 Å². The fourth-order valence-electron chi connectivity index (χ4n) is 3.51.